The van der Waals surface area contributed by atoms with Gasteiger partial charge >= 0.3 is 0 Å². The Balaban J connectivity index is 1.74. The van der Waals surface area contributed by atoms with Crippen molar-refractivity contribution in [3.8, 4) is 0 Å². The summed E-state index contributed by atoms with van der Waals surface area (Å²) in [6, 6.07) is 6.79. The van der Waals surface area contributed by atoms with Crippen molar-refractivity contribution >= 4 is 21.6 Å². The quantitative estimate of drug-likeness (QED) is 0.806. The van der Waals surface area contributed by atoms with Crippen LogP contribution >= 0.6 is 15.9 Å². The van der Waals surface area contributed by atoms with Crippen LogP contribution in [-0.4, -0.2) is 22.1 Å². The lowest BCUT2D eigenvalue weighted by atomic mass is 10.1. The molecule has 1 saturated carbocycles. The van der Waals surface area contributed by atoms with Crippen LogP contribution in [0.15, 0.2) is 29.0 Å². The number of nitrogens with zero attached hydrogens (tertiary/aromatic N) is 2. The van der Waals surface area contributed by atoms with E-state index >= 15 is 0 Å². The van der Waals surface area contributed by atoms with Crippen LogP contribution in [0.2, 0.25) is 0 Å². The summed E-state index contributed by atoms with van der Waals surface area (Å²) < 4.78 is 1.20. The average Bonchev–Trinajstić information content (AvgIpc) is 3.03. The highest BCUT2D eigenvalue weighted by molar-refractivity contribution is 9.11. The summed E-state index contributed by atoms with van der Waals surface area (Å²) in [6.45, 7) is 0. The van der Waals surface area contributed by atoms with E-state index in [9.17, 15) is 0 Å². The molecule has 0 radical (unpaired) electrons. The predicted octanol–water partition coefficient (Wildman–Crippen LogP) is 2.52. The summed E-state index contributed by atoms with van der Waals surface area (Å²) in [4.78, 5) is 6.94. The van der Waals surface area contributed by atoms with Crippen molar-refractivity contribution < 1.29 is 0 Å². The number of piperidine rings is 1. The maximum absolute atomic E-state index is 4.43. The first-order chi connectivity index (χ1) is 8.34. The van der Waals surface area contributed by atoms with E-state index in [0.29, 0.717) is 6.17 Å². The largest absolute Gasteiger partial charge is 0.361 e. The Bertz CT molecular complexity index is 485. The molecule has 2 aliphatic heterocycles. The molecule has 1 saturated heterocycles. The Morgan fingerprint density at radius 3 is 3.06 bits per heavy atom. The molecule has 0 aromatic carbocycles. The molecule has 3 nitrogen and oxygen atoms in total. The van der Waals surface area contributed by atoms with E-state index in [-0.39, 0.29) is 0 Å². The highest BCUT2D eigenvalue weighted by atomic mass is 79.9. The minimum atomic E-state index is 0.500. The molecular formula is C13H14BrN3. The van der Waals surface area contributed by atoms with Crippen LogP contribution in [0.5, 0.6) is 0 Å². The predicted molar refractivity (Wildman–Crippen MR) is 70.0 cm³/mol. The monoisotopic (exact) mass is 291 g/mol. The minimum absolute atomic E-state index is 0.500. The molecule has 0 amide bonds. The second kappa shape index (κ2) is 3.48. The highest BCUT2D eigenvalue weighted by Gasteiger charge is 2.50. The molecule has 2 bridgehead atoms. The Hall–Kier alpha value is -1.03. The third-order valence-corrected chi connectivity index (χ3v) is 5.04. The second-order valence-corrected chi connectivity index (χ2v) is 5.86. The van der Waals surface area contributed by atoms with Crippen LogP contribution < -0.4 is 5.32 Å². The Labute approximate surface area is 109 Å². The molecule has 3 aliphatic rings. The lowest BCUT2D eigenvalue weighted by Gasteiger charge is -2.31. The first kappa shape index (κ1) is 9.95. The summed E-state index contributed by atoms with van der Waals surface area (Å²) in [5, 5.41) is 3.65. The van der Waals surface area contributed by atoms with Gasteiger partial charge in [-0.15, -0.1) is 0 Å². The van der Waals surface area contributed by atoms with E-state index in [1.807, 2.05) is 18.3 Å². The lowest BCUT2D eigenvalue weighted by Crippen LogP contribution is -2.41. The summed E-state index contributed by atoms with van der Waals surface area (Å²) in [5.74, 6) is 0.814. The van der Waals surface area contributed by atoms with Gasteiger partial charge < -0.3 is 10.2 Å². The molecule has 4 heteroatoms. The van der Waals surface area contributed by atoms with E-state index in [4.69, 9.17) is 0 Å². The van der Waals surface area contributed by atoms with Gasteiger partial charge in [0.2, 0.25) is 0 Å². The first-order valence-electron chi connectivity index (χ1n) is 6.20. The zero-order valence-corrected chi connectivity index (χ0v) is 11.0. The zero-order chi connectivity index (χ0) is 11.4. The second-order valence-electron chi connectivity index (χ2n) is 5.10. The van der Waals surface area contributed by atoms with E-state index in [1.165, 1.54) is 23.9 Å². The van der Waals surface area contributed by atoms with Crippen LogP contribution in [0.4, 0.5) is 0 Å². The van der Waals surface area contributed by atoms with Gasteiger partial charge in [0.15, 0.2) is 0 Å². The molecule has 88 valence electrons. The summed E-state index contributed by atoms with van der Waals surface area (Å²) >= 11 is 3.75. The number of halogens is 1. The van der Waals surface area contributed by atoms with Gasteiger partial charge in [0.25, 0.3) is 0 Å². The fourth-order valence-electron chi connectivity index (χ4n) is 3.48. The van der Waals surface area contributed by atoms with Gasteiger partial charge in [-0.25, -0.2) is 0 Å². The molecule has 0 spiro atoms. The number of pyridine rings is 1. The van der Waals surface area contributed by atoms with Crippen molar-refractivity contribution in [2.24, 2.45) is 5.92 Å². The van der Waals surface area contributed by atoms with Gasteiger partial charge in [-0.1, -0.05) is 6.07 Å². The zero-order valence-electron chi connectivity index (χ0n) is 9.44. The van der Waals surface area contributed by atoms with E-state index in [1.54, 1.807) is 0 Å². The van der Waals surface area contributed by atoms with E-state index in [2.05, 4.69) is 37.2 Å². The maximum atomic E-state index is 4.43. The third-order valence-electron chi connectivity index (χ3n) is 4.23. The summed E-state index contributed by atoms with van der Waals surface area (Å²) in [5.41, 5.74) is 2.19. The van der Waals surface area contributed by atoms with Gasteiger partial charge in [-0.2, -0.15) is 0 Å². The molecule has 4 rings (SSSR count). The number of hydrogen-bond acceptors (Lipinski definition) is 3. The fraction of sp³-hybridized carbons (Fsp3) is 0.462. The van der Waals surface area contributed by atoms with Crippen LogP contribution in [0.3, 0.4) is 0 Å². The molecule has 2 fully saturated rings. The van der Waals surface area contributed by atoms with E-state index in [0.717, 1.165) is 23.4 Å². The van der Waals surface area contributed by atoms with Crippen LogP contribution in [0.1, 0.15) is 25.0 Å². The molecule has 1 aromatic heterocycles. The fourth-order valence-corrected chi connectivity index (χ4v) is 4.31. The molecular weight excluding hydrogens is 278 g/mol. The van der Waals surface area contributed by atoms with Gasteiger partial charge in [-0.05, 0) is 53.2 Å². The molecule has 3 heterocycles. The Morgan fingerprint density at radius 2 is 2.29 bits per heavy atom. The van der Waals surface area contributed by atoms with Crippen molar-refractivity contribution in [2.75, 3.05) is 0 Å². The normalized spacial score (nSPS) is 34.2. The van der Waals surface area contributed by atoms with Gasteiger partial charge in [-0.3, -0.25) is 4.98 Å². The minimum Gasteiger partial charge on any atom is -0.361 e. The molecule has 1 aromatic rings. The van der Waals surface area contributed by atoms with Crippen molar-refractivity contribution in [2.45, 2.75) is 31.5 Å². The molecule has 17 heavy (non-hydrogen) atoms. The van der Waals surface area contributed by atoms with Crippen LogP contribution in [0, 0.1) is 5.92 Å². The first-order valence-corrected chi connectivity index (χ1v) is 7.00. The van der Waals surface area contributed by atoms with Crippen LogP contribution in [0.25, 0.3) is 5.70 Å². The van der Waals surface area contributed by atoms with E-state index < -0.39 is 0 Å². The lowest BCUT2D eigenvalue weighted by molar-refractivity contribution is 0.203. The smallest absolute Gasteiger partial charge is 0.108 e. The summed E-state index contributed by atoms with van der Waals surface area (Å²) in [6.07, 6.45) is 6.41. The van der Waals surface area contributed by atoms with Crippen LogP contribution in [-0.2, 0) is 0 Å². The molecule has 3 atom stereocenters. The van der Waals surface area contributed by atoms with Crippen molar-refractivity contribution in [1.29, 1.82) is 0 Å². The number of hydrogen-bond donors (Lipinski definition) is 1. The Morgan fingerprint density at radius 1 is 1.35 bits per heavy atom. The third kappa shape index (κ3) is 1.30. The van der Waals surface area contributed by atoms with Crippen molar-refractivity contribution in [1.82, 2.24) is 15.2 Å². The molecule has 1 aliphatic carbocycles. The average molecular weight is 292 g/mol. The highest BCUT2D eigenvalue weighted by Crippen LogP contribution is 2.49. The summed E-state index contributed by atoms with van der Waals surface area (Å²) in [7, 11) is 0. The van der Waals surface area contributed by atoms with Gasteiger partial charge in [0, 0.05) is 12.2 Å². The SMILES string of the molecule is BrC1=C(c2ccccn2)NC2C3CC[C@H](C3)N12. The number of aromatic nitrogens is 1. The Kier molecular flexibility index (Phi) is 2.04. The number of rotatable bonds is 1. The molecule has 1 N–H and O–H groups in total. The maximum Gasteiger partial charge on any atom is 0.108 e. The number of nitrogens with one attached hydrogen (secondary N) is 1. The topological polar surface area (TPSA) is 28.2 Å². The molecule has 2 unspecified atom stereocenters. The van der Waals surface area contributed by atoms with Gasteiger partial charge in [0.1, 0.15) is 10.8 Å². The number of fused-ring (bicyclic) bond motifs is 5. The van der Waals surface area contributed by atoms with Gasteiger partial charge in [0.05, 0.1) is 11.4 Å². The van der Waals surface area contributed by atoms with Crippen molar-refractivity contribution in [3.63, 3.8) is 0 Å². The standard InChI is InChI=1S/C13H14BrN3/c14-12-11(10-3-1-2-6-15-10)16-13-8-4-5-9(7-8)17(12)13/h1-3,6,8-9,13,16H,4-5,7H2/t8?,9-,13?/m1/s1. The van der Waals surface area contributed by atoms with Crippen molar-refractivity contribution in [3.05, 3.63) is 34.7 Å².